The van der Waals surface area contributed by atoms with Crippen molar-refractivity contribution in [1.82, 2.24) is 5.32 Å². The minimum Gasteiger partial charge on any atom is -0.463 e. The summed E-state index contributed by atoms with van der Waals surface area (Å²) in [4.78, 5) is 34.0. The minimum absolute atomic E-state index is 0.0642. The van der Waals surface area contributed by atoms with Gasteiger partial charge in [0.1, 0.15) is 12.7 Å². The van der Waals surface area contributed by atoms with Gasteiger partial charge < -0.3 is 20.1 Å². The molecule has 0 aromatic heterocycles. The number of carbonyl (C=O) groups is 2. The summed E-state index contributed by atoms with van der Waals surface area (Å²) in [7, 11) is -4.44. The van der Waals surface area contributed by atoms with Gasteiger partial charge in [-0.2, -0.15) is 0 Å². The standard InChI is InChI=1S/C53H88NO8P/c1-3-5-7-9-11-13-15-17-19-21-23-24-25-26-28-29-31-33-35-37-39-41-43-45-52(56)54-47-48-61-63(58,59)62-50-51(55)49-60-53(57)46-44-42-40-38-36-34-32-30-27-22-20-18-16-14-12-10-8-6-4-2/h6,8,11-14,17-20,23-24,26-28,30,34,36,51,55H,3-5,7,9-10,15-16,21-22,25,29,31-33,35,37-50H2,1-2H3,(H,54,56)(H,58,59)/b8-6-,13-11-,14-12-,19-17-,20-18-,24-23-,28-26-,30-27-,36-34-. The van der Waals surface area contributed by atoms with E-state index in [-0.39, 0.29) is 32.1 Å². The van der Waals surface area contributed by atoms with Crippen LogP contribution < -0.4 is 5.32 Å². The predicted octanol–water partition coefficient (Wildman–Crippen LogP) is 14.3. The first-order chi connectivity index (χ1) is 30.8. The summed E-state index contributed by atoms with van der Waals surface area (Å²) in [6.07, 6.45) is 64.5. The number of aliphatic hydroxyl groups excluding tert-OH is 1. The van der Waals surface area contributed by atoms with Crippen molar-refractivity contribution in [1.29, 1.82) is 0 Å². The molecule has 0 aliphatic rings. The number of carbonyl (C=O) groups excluding carboxylic acids is 2. The fraction of sp³-hybridized carbons (Fsp3) is 0.623. The summed E-state index contributed by atoms with van der Waals surface area (Å²) in [6.45, 7) is 3.34. The summed E-state index contributed by atoms with van der Waals surface area (Å²) in [5, 5.41) is 12.7. The molecule has 0 fully saturated rings. The van der Waals surface area contributed by atoms with Crippen molar-refractivity contribution in [2.45, 2.75) is 187 Å². The van der Waals surface area contributed by atoms with E-state index in [2.05, 4.69) is 129 Å². The number of esters is 1. The third kappa shape index (κ3) is 49.5. The van der Waals surface area contributed by atoms with E-state index in [0.717, 1.165) is 96.3 Å². The molecule has 0 aromatic carbocycles. The van der Waals surface area contributed by atoms with E-state index in [4.69, 9.17) is 13.8 Å². The van der Waals surface area contributed by atoms with E-state index in [1.54, 1.807) is 0 Å². The molecule has 358 valence electrons. The highest BCUT2D eigenvalue weighted by atomic mass is 31.2. The van der Waals surface area contributed by atoms with E-state index < -0.39 is 26.5 Å². The van der Waals surface area contributed by atoms with Crippen molar-refractivity contribution in [3.63, 3.8) is 0 Å². The van der Waals surface area contributed by atoms with Crippen LogP contribution in [0.4, 0.5) is 0 Å². The summed E-state index contributed by atoms with van der Waals surface area (Å²) < 4.78 is 26.9. The van der Waals surface area contributed by atoms with Gasteiger partial charge in [-0.3, -0.25) is 18.6 Å². The molecule has 2 unspecified atom stereocenters. The topological polar surface area (TPSA) is 131 Å². The molecule has 0 radical (unpaired) electrons. The second-order valence-corrected chi connectivity index (χ2v) is 17.1. The number of hydrogen-bond acceptors (Lipinski definition) is 7. The van der Waals surface area contributed by atoms with Gasteiger partial charge in [0.05, 0.1) is 13.2 Å². The third-order valence-electron chi connectivity index (χ3n) is 9.69. The molecule has 0 bridgehead atoms. The van der Waals surface area contributed by atoms with Gasteiger partial charge in [-0.15, -0.1) is 0 Å². The van der Waals surface area contributed by atoms with Crippen LogP contribution in [0.2, 0.25) is 0 Å². The fourth-order valence-electron chi connectivity index (χ4n) is 6.04. The molecule has 2 atom stereocenters. The Morgan fingerprint density at radius 2 is 0.905 bits per heavy atom. The lowest BCUT2D eigenvalue weighted by Crippen LogP contribution is -2.27. The third-order valence-corrected chi connectivity index (χ3v) is 10.7. The van der Waals surface area contributed by atoms with Crippen molar-refractivity contribution in [2.24, 2.45) is 0 Å². The van der Waals surface area contributed by atoms with Gasteiger partial charge in [-0.1, -0.05) is 175 Å². The number of phosphoric ester groups is 1. The SMILES string of the molecule is CC/C=C\C/C=C\C/C=C\C/C=C\C/C=C\CCCCCC(=O)OCC(O)COP(=O)(O)OCCNC(=O)CCCCCCCCC/C=C\C/C=C\C/C=C\C/C=C\CCCCC. The van der Waals surface area contributed by atoms with Crippen molar-refractivity contribution < 1.29 is 37.9 Å². The van der Waals surface area contributed by atoms with Crippen molar-refractivity contribution in [3.05, 3.63) is 109 Å². The summed E-state index contributed by atoms with van der Waals surface area (Å²) >= 11 is 0. The number of rotatable bonds is 44. The predicted molar refractivity (Wildman–Crippen MR) is 265 cm³/mol. The highest BCUT2D eigenvalue weighted by Crippen LogP contribution is 2.42. The Bertz CT molecular complexity index is 1390. The normalized spacial score (nSPS) is 14.2. The molecule has 0 spiro atoms. The van der Waals surface area contributed by atoms with Crippen LogP contribution in [0.25, 0.3) is 0 Å². The first-order valence-corrected chi connectivity index (χ1v) is 25.9. The largest absolute Gasteiger partial charge is 0.472 e. The van der Waals surface area contributed by atoms with Crippen LogP contribution in [-0.4, -0.2) is 54.3 Å². The average molecular weight is 898 g/mol. The zero-order chi connectivity index (χ0) is 46.0. The molecule has 0 saturated heterocycles. The lowest BCUT2D eigenvalue weighted by Gasteiger charge is -2.15. The molecule has 0 aliphatic heterocycles. The molecule has 0 saturated carbocycles. The Morgan fingerprint density at radius 3 is 1.38 bits per heavy atom. The molecular formula is C53H88NO8P. The fourth-order valence-corrected chi connectivity index (χ4v) is 6.79. The van der Waals surface area contributed by atoms with Crippen LogP contribution in [0, 0.1) is 0 Å². The molecule has 0 aromatic rings. The summed E-state index contributed by atoms with van der Waals surface area (Å²) in [5.74, 6) is -0.568. The maximum atomic E-state index is 12.1. The zero-order valence-corrected chi connectivity index (χ0v) is 40.4. The second kappa shape index (κ2) is 48.1. The quantitative estimate of drug-likeness (QED) is 0.0238. The van der Waals surface area contributed by atoms with Gasteiger partial charge in [0.25, 0.3) is 0 Å². The second-order valence-electron chi connectivity index (χ2n) is 15.7. The number of nitrogens with one attached hydrogen (secondary N) is 1. The number of unbranched alkanes of at least 4 members (excludes halogenated alkanes) is 13. The Labute approximate surface area is 384 Å². The number of amides is 1. The number of phosphoric acid groups is 1. The zero-order valence-electron chi connectivity index (χ0n) is 39.5. The van der Waals surface area contributed by atoms with Crippen LogP contribution in [0.3, 0.4) is 0 Å². The molecule has 3 N–H and O–H groups in total. The van der Waals surface area contributed by atoms with Crippen LogP contribution in [0.1, 0.15) is 181 Å². The van der Waals surface area contributed by atoms with Crippen LogP contribution in [-0.2, 0) is 27.9 Å². The molecule has 10 heteroatoms. The number of aliphatic hydroxyl groups is 1. The van der Waals surface area contributed by atoms with Crippen molar-refractivity contribution >= 4 is 19.7 Å². The van der Waals surface area contributed by atoms with Crippen LogP contribution in [0.15, 0.2) is 109 Å². The van der Waals surface area contributed by atoms with Crippen LogP contribution in [0.5, 0.6) is 0 Å². The molecule has 1 amide bonds. The summed E-state index contributed by atoms with van der Waals surface area (Å²) in [5.41, 5.74) is 0. The summed E-state index contributed by atoms with van der Waals surface area (Å²) in [6, 6.07) is 0. The van der Waals surface area contributed by atoms with Crippen molar-refractivity contribution in [3.8, 4) is 0 Å². The maximum Gasteiger partial charge on any atom is 0.472 e. The van der Waals surface area contributed by atoms with Crippen molar-refractivity contribution in [2.75, 3.05) is 26.4 Å². The minimum atomic E-state index is -4.44. The van der Waals surface area contributed by atoms with E-state index in [9.17, 15) is 24.2 Å². The lowest BCUT2D eigenvalue weighted by atomic mass is 10.1. The van der Waals surface area contributed by atoms with Gasteiger partial charge in [0.15, 0.2) is 0 Å². The Hall–Kier alpha value is -3.33. The van der Waals surface area contributed by atoms with E-state index in [1.807, 2.05) is 0 Å². The molecule has 0 heterocycles. The molecular weight excluding hydrogens is 810 g/mol. The van der Waals surface area contributed by atoms with E-state index in [1.165, 1.54) is 51.4 Å². The smallest absolute Gasteiger partial charge is 0.463 e. The van der Waals surface area contributed by atoms with Gasteiger partial charge in [0.2, 0.25) is 5.91 Å². The van der Waals surface area contributed by atoms with E-state index >= 15 is 0 Å². The molecule has 63 heavy (non-hydrogen) atoms. The van der Waals surface area contributed by atoms with Crippen LogP contribution >= 0.6 is 7.82 Å². The maximum absolute atomic E-state index is 12.1. The van der Waals surface area contributed by atoms with Gasteiger partial charge in [-0.05, 0) is 103 Å². The first-order valence-electron chi connectivity index (χ1n) is 24.4. The monoisotopic (exact) mass is 898 g/mol. The van der Waals surface area contributed by atoms with Gasteiger partial charge in [-0.25, -0.2) is 4.57 Å². The molecule has 0 rings (SSSR count). The number of ether oxygens (including phenoxy) is 1. The Balaban J connectivity index is 3.68. The number of allylic oxidation sites excluding steroid dienone is 18. The Morgan fingerprint density at radius 1 is 0.508 bits per heavy atom. The first kappa shape index (κ1) is 59.7. The highest BCUT2D eigenvalue weighted by Gasteiger charge is 2.23. The lowest BCUT2D eigenvalue weighted by molar-refractivity contribution is -0.147. The van der Waals surface area contributed by atoms with Gasteiger partial charge >= 0.3 is 13.8 Å². The number of hydrogen-bond donors (Lipinski definition) is 3. The molecule has 0 aliphatic carbocycles. The molecule has 9 nitrogen and oxygen atoms in total. The highest BCUT2D eigenvalue weighted by molar-refractivity contribution is 7.47. The Kier molecular flexibility index (Phi) is 45.6. The average Bonchev–Trinajstić information content (AvgIpc) is 3.27. The van der Waals surface area contributed by atoms with Gasteiger partial charge in [0, 0.05) is 19.4 Å². The van der Waals surface area contributed by atoms with E-state index in [0.29, 0.717) is 12.8 Å².